The number of aromatic nitrogens is 3. The average Bonchev–Trinajstić information content (AvgIpc) is 3.34. The number of carboxylic acid groups (broad SMARTS) is 1. The summed E-state index contributed by atoms with van der Waals surface area (Å²) in [5, 5.41) is 23.0. The molecule has 2 aromatic carbocycles. The van der Waals surface area contributed by atoms with Crippen molar-refractivity contribution in [3.05, 3.63) is 89.9 Å². The van der Waals surface area contributed by atoms with E-state index in [2.05, 4.69) is 27.9 Å². The van der Waals surface area contributed by atoms with E-state index in [4.69, 9.17) is 9.84 Å². The third-order valence-corrected chi connectivity index (χ3v) is 6.45. The lowest BCUT2D eigenvalue weighted by atomic mass is 9.95. The molecular formula is C29H30N6O4. The van der Waals surface area contributed by atoms with Crippen molar-refractivity contribution in [2.24, 2.45) is 0 Å². The predicted molar refractivity (Wildman–Crippen MR) is 148 cm³/mol. The number of pyridine rings is 1. The molecule has 3 heterocycles. The number of nitrogens with zero attached hydrogens (tertiary/aromatic N) is 3. The molecular weight excluding hydrogens is 496 g/mol. The molecule has 39 heavy (non-hydrogen) atoms. The molecule has 200 valence electrons. The number of carbonyl (C=O) groups is 2. The van der Waals surface area contributed by atoms with Crippen molar-refractivity contribution in [2.75, 3.05) is 10.6 Å². The number of carbonyl (C=O) groups excluding carboxylic acids is 1. The van der Waals surface area contributed by atoms with Gasteiger partial charge in [0.25, 0.3) is 0 Å². The van der Waals surface area contributed by atoms with Gasteiger partial charge >= 0.3 is 12.0 Å². The van der Waals surface area contributed by atoms with Crippen molar-refractivity contribution in [2.45, 2.75) is 45.2 Å². The van der Waals surface area contributed by atoms with E-state index in [0.717, 1.165) is 41.8 Å². The van der Waals surface area contributed by atoms with E-state index < -0.39 is 18.0 Å². The highest BCUT2D eigenvalue weighted by atomic mass is 16.5. The minimum atomic E-state index is -0.874. The van der Waals surface area contributed by atoms with Crippen LogP contribution in [0.25, 0.3) is 5.69 Å². The summed E-state index contributed by atoms with van der Waals surface area (Å²) in [5.74, 6) is 0.806. The minimum absolute atomic E-state index is 0.378. The van der Waals surface area contributed by atoms with Crippen LogP contribution in [0.15, 0.2) is 73.1 Å². The molecule has 0 bridgehead atoms. The molecule has 2 amide bonds. The van der Waals surface area contributed by atoms with Crippen molar-refractivity contribution >= 4 is 23.5 Å². The first kappa shape index (κ1) is 25.9. The molecule has 5 rings (SSSR count). The van der Waals surface area contributed by atoms with Gasteiger partial charge in [-0.3, -0.25) is 15.1 Å². The van der Waals surface area contributed by atoms with E-state index in [-0.39, 0.29) is 0 Å². The Hall–Kier alpha value is -4.70. The maximum Gasteiger partial charge on any atom is 0.324 e. The Bertz CT molecular complexity index is 1470. The number of hydrogen-bond donors (Lipinski definition) is 4. The molecule has 10 nitrogen and oxygen atoms in total. The number of anilines is 2. The normalized spacial score (nSPS) is 14.3. The number of fused-ring (bicyclic) bond motifs is 1. The Morgan fingerprint density at radius 3 is 2.74 bits per heavy atom. The second-order valence-electron chi connectivity index (χ2n) is 9.36. The lowest BCUT2D eigenvalue weighted by molar-refractivity contribution is -0.139. The smallest absolute Gasteiger partial charge is 0.324 e. The van der Waals surface area contributed by atoms with E-state index in [1.165, 1.54) is 0 Å². The summed E-state index contributed by atoms with van der Waals surface area (Å²) in [5.41, 5.74) is 4.18. The van der Waals surface area contributed by atoms with Gasteiger partial charge in [-0.1, -0.05) is 25.5 Å². The topological polar surface area (TPSA) is 130 Å². The molecule has 0 saturated heterocycles. The molecule has 0 aliphatic carbocycles. The molecule has 0 radical (unpaired) electrons. The fourth-order valence-corrected chi connectivity index (χ4v) is 4.46. The molecule has 0 spiro atoms. The van der Waals surface area contributed by atoms with E-state index in [0.29, 0.717) is 36.0 Å². The summed E-state index contributed by atoms with van der Waals surface area (Å²) < 4.78 is 7.51. The fraction of sp³-hybridized carbons (Fsp3) is 0.241. The first-order valence-electron chi connectivity index (χ1n) is 12.9. The number of aryl methyl sites for hydroxylation is 1. The third-order valence-electron chi connectivity index (χ3n) is 6.45. The molecule has 10 heteroatoms. The highest BCUT2D eigenvalue weighted by Gasteiger charge is 2.24. The Balaban J connectivity index is 1.35. The summed E-state index contributed by atoms with van der Waals surface area (Å²) in [6.07, 6.45) is 6.44. The number of urea groups is 1. The summed E-state index contributed by atoms with van der Waals surface area (Å²) in [4.78, 5) is 28.6. The maximum atomic E-state index is 13.0. The molecule has 1 unspecified atom stereocenters. The van der Waals surface area contributed by atoms with Crippen molar-refractivity contribution in [1.29, 1.82) is 0 Å². The number of hydrogen-bond acceptors (Lipinski definition) is 6. The highest BCUT2D eigenvalue weighted by Crippen LogP contribution is 2.26. The van der Waals surface area contributed by atoms with Gasteiger partial charge in [0.05, 0.1) is 17.6 Å². The van der Waals surface area contributed by atoms with E-state index in [9.17, 15) is 14.7 Å². The van der Waals surface area contributed by atoms with Crippen molar-refractivity contribution in [1.82, 2.24) is 20.1 Å². The van der Waals surface area contributed by atoms with Gasteiger partial charge in [0.15, 0.2) is 0 Å². The van der Waals surface area contributed by atoms with Gasteiger partial charge in [0.1, 0.15) is 23.4 Å². The van der Waals surface area contributed by atoms with Crippen LogP contribution < -0.4 is 20.7 Å². The van der Waals surface area contributed by atoms with E-state index in [1.54, 1.807) is 53.5 Å². The Morgan fingerprint density at radius 1 is 1.08 bits per heavy atom. The van der Waals surface area contributed by atoms with Gasteiger partial charge in [0, 0.05) is 30.6 Å². The zero-order valence-electron chi connectivity index (χ0n) is 21.6. The monoisotopic (exact) mass is 526 g/mol. The summed E-state index contributed by atoms with van der Waals surface area (Å²) in [6, 6.07) is 17.3. The number of unbranched alkanes of at least 4 members (excludes halogenated alkanes) is 1. The van der Waals surface area contributed by atoms with Gasteiger partial charge in [-0.05, 0) is 66.8 Å². The second kappa shape index (κ2) is 11.8. The van der Waals surface area contributed by atoms with Crippen LogP contribution in [0.5, 0.6) is 11.5 Å². The molecule has 2 aromatic heterocycles. The zero-order chi connectivity index (χ0) is 27.2. The van der Waals surface area contributed by atoms with Crippen molar-refractivity contribution < 1.29 is 19.4 Å². The van der Waals surface area contributed by atoms with Gasteiger partial charge < -0.3 is 20.5 Å². The van der Waals surface area contributed by atoms with Crippen LogP contribution in [0.4, 0.5) is 16.3 Å². The molecule has 0 saturated carbocycles. The highest BCUT2D eigenvalue weighted by molar-refractivity contribution is 5.99. The summed E-state index contributed by atoms with van der Waals surface area (Å²) in [6.45, 7) is 2.61. The number of ether oxygens (including phenoxy) is 1. The number of benzene rings is 2. The lowest BCUT2D eigenvalue weighted by Crippen LogP contribution is -2.41. The molecule has 1 aliphatic heterocycles. The van der Waals surface area contributed by atoms with Crippen LogP contribution in [0.2, 0.25) is 0 Å². The van der Waals surface area contributed by atoms with Gasteiger partial charge in [-0.25, -0.2) is 9.48 Å². The largest absolute Gasteiger partial charge is 0.480 e. The summed E-state index contributed by atoms with van der Waals surface area (Å²) >= 11 is 0. The lowest BCUT2D eigenvalue weighted by Gasteiger charge is -2.23. The second-order valence-corrected chi connectivity index (χ2v) is 9.36. The Morgan fingerprint density at radius 2 is 1.95 bits per heavy atom. The molecule has 1 aliphatic rings. The van der Waals surface area contributed by atoms with Crippen molar-refractivity contribution in [3.63, 3.8) is 0 Å². The van der Waals surface area contributed by atoms with E-state index in [1.807, 2.05) is 24.3 Å². The van der Waals surface area contributed by atoms with Gasteiger partial charge in [0.2, 0.25) is 0 Å². The van der Waals surface area contributed by atoms with Crippen LogP contribution >= 0.6 is 0 Å². The van der Waals surface area contributed by atoms with E-state index >= 15 is 0 Å². The number of carboxylic acids is 1. The summed E-state index contributed by atoms with van der Waals surface area (Å²) in [7, 11) is 0. The van der Waals surface area contributed by atoms with Gasteiger partial charge in [-0.2, -0.15) is 5.10 Å². The zero-order valence-corrected chi connectivity index (χ0v) is 21.6. The number of amides is 2. The average molecular weight is 527 g/mol. The molecule has 0 fully saturated rings. The third kappa shape index (κ3) is 6.42. The molecule has 1 atom stereocenters. The fourth-order valence-electron chi connectivity index (χ4n) is 4.46. The maximum absolute atomic E-state index is 13.0. The predicted octanol–water partition coefficient (Wildman–Crippen LogP) is 5.15. The van der Waals surface area contributed by atoms with Crippen LogP contribution in [0, 0.1) is 0 Å². The SMILES string of the molecule is CCCCc1cc(NC(=O)Nc2cccc(Oc3cccnc3)c2)n(-c2ccc3c(c2)CC(C(=O)O)NC3)n1. The van der Waals surface area contributed by atoms with Crippen LogP contribution in [0.3, 0.4) is 0 Å². The standard InChI is InChI=1S/C29H30N6O4/c1-2-3-6-22-16-27(35(34-22)23-11-10-19-17-31-26(28(36)37)14-20(19)13-23)33-29(38)32-21-7-4-8-24(15-21)39-25-9-5-12-30-18-25/h4-5,7-13,15-16,18,26,31H,2-3,6,14,17H2,1H3,(H,36,37)(H2,32,33,38). The van der Waals surface area contributed by atoms with Gasteiger partial charge in [-0.15, -0.1) is 0 Å². The first-order chi connectivity index (χ1) is 19.0. The Kier molecular flexibility index (Phi) is 7.83. The Labute approximate surface area is 226 Å². The number of nitrogens with one attached hydrogen (secondary N) is 3. The van der Waals surface area contributed by atoms with Crippen LogP contribution in [0.1, 0.15) is 36.6 Å². The minimum Gasteiger partial charge on any atom is -0.480 e. The van der Waals surface area contributed by atoms with Crippen LogP contribution in [-0.4, -0.2) is 37.9 Å². The number of rotatable bonds is 9. The molecule has 4 aromatic rings. The molecule has 4 N–H and O–H groups in total. The van der Waals surface area contributed by atoms with Crippen molar-refractivity contribution in [3.8, 4) is 17.2 Å². The van der Waals surface area contributed by atoms with Crippen LogP contribution in [-0.2, 0) is 24.2 Å². The number of aliphatic carboxylic acids is 1. The quantitative estimate of drug-likeness (QED) is 0.237. The first-order valence-corrected chi connectivity index (χ1v) is 12.9.